The van der Waals surface area contributed by atoms with Crippen molar-refractivity contribution in [2.24, 2.45) is 5.92 Å². The first-order chi connectivity index (χ1) is 20.5. The van der Waals surface area contributed by atoms with Gasteiger partial charge < -0.3 is 4.74 Å². The SMILES string of the molecule is C=C(CCCCCCCCCCC)CC(CCCCCCCCCCC)C(C)OC(=O)CCCCCCCCCCC. The molecule has 0 aliphatic carbocycles. The van der Waals surface area contributed by atoms with Gasteiger partial charge in [0, 0.05) is 6.42 Å². The molecular weight excluding hydrogens is 512 g/mol. The molecule has 0 rings (SSSR count). The summed E-state index contributed by atoms with van der Waals surface area (Å²) in [7, 11) is 0. The molecule has 0 heterocycles. The summed E-state index contributed by atoms with van der Waals surface area (Å²) in [5.41, 5.74) is 1.38. The lowest BCUT2D eigenvalue weighted by Gasteiger charge is -2.25. The molecule has 0 radical (unpaired) electrons. The molecule has 2 atom stereocenters. The highest BCUT2D eigenvalue weighted by Gasteiger charge is 2.21. The molecule has 0 bridgehead atoms. The van der Waals surface area contributed by atoms with Crippen molar-refractivity contribution >= 4 is 5.97 Å². The van der Waals surface area contributed by atoms with Crippen molar-refractivity contribution in [1.29, 1.82) is 0 Å². The van der Waals surface area contributed by atoms with Gasteiger partial charge in [0.25, 0.3) is 0 Å². The van der Waals surface area contributed by atoms with E-state index in [0.29, 0.717) is 12.3 Å². The second-order valence-electron chi connectivity index (χ2n) is 13.7. The van der Waals surface area contributed by atoms with E-state index in [0.717, 1.165) is 25.7 Å². The van der Waals surface area contributed by atoms with Gasteiger partial charge in [-0.1, -0.05) is 193 Å². The first-order valence-corrected chi connectivity index (χ1v) is 19.4. The Balaban J connectivity index is 4.36. The van der Waals surface area contributed by atoms with Crippen LogP contribution in [0.3, 0.4) is 0 Å². The van der Waals surface area contributed by atoms with Crippen LogP contribution in [0.5, 0.6) is 0 Å². The highest BCUT2D eigenvalue weighted by Crippen LogP contribution is 2.27. The molecule has 0 saturated carbocycles. The molecule has 2 nitrogen and oxygen atoms in total. The predicted octanol–water partition coefficient (Wildman–Crippen LogP) is 14.2. The van der Waals surface area contributed by atoms with Gasteiger partial charge in [-0.05, 0) is 44.9 Å². The predicted molar refractivity (Wildman–Crippen MR) is 188 cm³/mol. The summed E-state index contributed by atoms with van der Waals surface area (Å²) in [5.74, 6) is 0.444. The zero-order valence-electron chi connectivity index (χ0n) is 29.6. The van der Waals surface area contributed by atoms with E-state index < -0.39 is 0 Å². The molecule has 42 heavy (non-hydrogen) atoms. The topological polar surface area (TPSA) is 26.3 Å². The van der Waals surface area contributed by atoms with Crippen LogP contribution < -0.4 is 0 Å². The molecule has 0 aromatic heterocycles. The monoisotopic (exact) mass is 591 g/mol. The lowest BCUT2D eigenvalue weighted by molar-refractivity contribution is -0.151. The fourth-order valence-corrected chi connectivity index (χ4v) is 6.32. The number of carbonyl (C=O) groups excluding carboxylic acids is 1. The minimum Gasteiger partial charge on any atom is -0.462 e. The Morgan fingerprint density at radius 1 is 0.500 bits per heavy atom. The van der Waals surface area contributed by atoms with Gasteiger partial charge in [-0.15, -0.1) is 0 Å². The van der Waals surface area contributed by atoms with Crippen LogP contribution >= 0.6 is 0 Å². The lowest BCUT2D eigenvalue weighted by atomic mass is 9.88. The van der Waals surface area contributed by atoms with Crippen LogP contribution in [-0.4, -0.2) is 12.1 Å². The van der Waals surface area contributed by atoms with E-state index in [1.54, 1.807) is 0 Å². The largest absolute Gasteiger partial charge is 0.462 e. The maximum atomic E-state index is 12.7. The highest BCUT2D eigenvalue weighted by molar-refractivity contribution is 5.69. The molecule has 0 N–H and O–H groups in total. The molecule has 250 valence electrons. The summed E-state index contributed by atoms with van der Waals surface area (Å²) in [6.45, 7) is 13.5. The summed E-state index contributed by atoms with van der Waals surface area (Å²) < 4.78 is 6.04. The molecule has 0 aliphatic heterocycles. The smallest absolute Gasteiger partial charge is 0.306 e. The van der Waals surface area contributed by atoms with E-state index >= 15 is 0 Å². The number of unbranched alkanes of at least 4 members (excludes halogenated alkanes) is 24. The highest BCUT2D eigenvalue weighted by atomic mass is 16.5. The van der Waals surface area contributed by atoms with Crippen molar-refractivity contribution in [2.75, 3.05) is 0 Å². The normalized spacial score (nSPS) is 12.9. The van der Waals surface area contributed by atoms with E-state index in [9.17, 15) is 4.79 Å². The van der Waals surface area contributed by atoms with Gasteiger partial charge in [0.1, 0.15) is 6.10 Å². The molecule has 0 amide bonds. The minimum atomic E-state index is 0.00461. The molecule has 0 aliphatic rings. The Hall–Kier alpha value is -0.790. The lowest BCUT2D eigenvalue weighted by Crippen LogP contribution is -2.24. The maximum absolute atomic E-state index is 12.7. The van der Waals surface area contributed by atoms with Crippen molar-refractivity contribution in [3.63, 3.8) is 0 Å². The fraction of sp³-hybridized carbons (Fsp3) is 0.925. The van der Waals surface area contributed by atoms with Crippen molar-refractivity contribution < 1.29 is 9.53 Å². The average Bonchev–Trinajstić information content (AvgIpc) is 2.97. The van der Waals surface area contributed by atoms with Crippen LogP contribution in [-0.2, 0) is 9.53 Å². The molecule has 0 aromatic carbocycles. The standard InChI is InChI=1S/C40H78O2/c1-6-9-12-15-18-21-24-27-30-33-37(4)36-39(34-31-28-25-22-19-16-13-10-7-2)38(5)42-40(41)35-32-29-26-23-20-17-14-11-8-3/h38-39H,4,6-36H2,1-3,5H3. The van der Waals surface area contributed by atoms with Crippen LogP contribution in [0.2, 0.25) is 0 Å². The quantitative estimate of drug-likeness (QED) is 0.0423. The third-order valence-electron chi connectivity index (χ3n) is 9.33. The second kappa shape index (κ2) is 33.1. The Morgan fingerprint density at radius 2 is 0.833 bits per heavy atom. The van der Waals surface area contributed by atoms with E-state index in [1.165, 1.54) is 173 Å². The van der Waals surface area contributed by atoms with E-state index in [-0.39, 0.29) is 12.1 Å². The third-order valence-corrected chi connectivity index (χ3v) is 9.33. The Bertz CT molecular complexity index is 568. The zero-order valence-corrected chi connectivity index (χ0v) is 29.6. The number of carbonyl (C=O) groups is 1. The van der Waals surface area contributed by atoms with E-state index in [2.05, 4.69) is 34.3 Å². The van der Waals surface area contributed by atoms with Crippen molar-refractivity contribution in [2.45, 2.75) is 233 Å². The summed E-state index contributed by atoms with van der Waals surface area (Å²) in [4.78, 5) is 12.7. The van der Waals surface area contributed by atoms with Crippen molar-refractivity contribution in [3.05, 3.63) is 12.2 Å². The third kappa shape index (κ3) is 29.3. The van der Waals surface area contributed by atoms with Gasteiger partial charge in [-0.3, -0.25) is 4.79 Å². The number of esters is 1. The Kier molecular flexibility index (Phi) is 32.5. The van der Waals surface area contributed by atoms with Gasteiger partial charge in [0.2, 0.25) is 0 Å². The van der Waals surface area contributed by atoms with Crippen LogP contribution in [0, 0.1) is 5.92 Å². The van der Waals surface area contributed by atoms with Gasteiger partial charge in [-0.2, -0.15) is 0 Å². The molecule has 0 fully saturated rings. The number of rotatable bonds is 34. The fourth-order valence-electron chi connectivity index (χ4n) is 6.32. The summed E-state index contributed by atoms with van der Waals surface area (Å²) >= 11 is 0. The number of hydrogen-bond donors (Lipinski definition) is 0. The second-order valence-corrected chi connectivity index (χ2v) is 13.7. The number of hydrogen-bond acceptors (Lipinski definition) is 2. The number of ether oxygens (including phenoxy) is 1. The van der Waals surface area contributed by atoms with E-state index in [4.69, 9.17) is 4.74 Å². The van der Waals surface area contributed by atoms with Crippen LogP contribution in [0.15, 0.2) is 12.2 Å². The van der Waals surface area contributed by atoms with Gasteiger partial charge in [-0.25, -0.2) is 0 Å². The number of allylic oxidation sites excluding steroid dienone is 1. The van der Waals surface area contributed by atoms with Gasteiger partial charge in [0.05, 0.1) is 0 Å². The summed E-state index contributed by atoms with van der Waals surface area (Å²) in [5, 5.41) is 0. The minimum absolute atomic E-state index is 0.00461. The molecule has 2 unspecified atom stereocenters. The molecule has 0 saturated heterocycles. The Morgan fingerprint density at radius 3 is 1.24 bits per heavy atom. The molecule has 0 aromatic rings. The summed E-state index contributed by atoms with van der Waals surface area (Å²) in [6, 6.07) is 0. The Labute approximate surface area is 266 Å². The molecule has 0 spiro atoms. The first kappa shape index (κ1) is 41.2. The van der Waals surface area contributed by atoms with Crippen LogP contribution in [0.4, 0.5) is 0 Å². The maximum Gasteiger partial charge on any atom is 0.306 e. The van der Waals surface area contributed by atoms with E-state index in [1.807, 2.05) is 0 Å². The van der Waals surface area contributed by atoms with Gasteiger partial charge >= 0.3 is 5.97 Å². The first-order valence-electron chi connectivity index (χ1n) is 19.4. The van der Waals surface area contributed by atoms with Crippen LogP contribution in [0.1, 0.15) is 227 Å². The molecule has 2 heteroatoms. The van der Waals surface area contributed by atoms with Crippen molar-refractivity contribution in [1.82, 2.24) is 0 Å². The molecular formula is C40H78O2. The zero-order chi connectivity index (χ0) is 30.9. The average molecular weight is 591 g/mol. The van der Waals surface area contributed by atoms with Crippen LogP contribution in [0.25, 0.3) is 0 Å². The van der Waals surface area contributed by atoms with Crippen molar-refractivity contribution in [3.8, 4) is 0 Å². The summed E-state index contributed by atoms with van der Waals surface area (Å²) in [6.07, 6.45) is 40.0. The van der Waals surface area contributed by atoms with Gasteiger partial charge in [0.15, 0.2) is 0 Å².